The Hall–Kier alpha value is -3.33. The summed E-state index contributed by atoms with van der Waals surface area (Å²) in [7, 11) is 0. The maximum absolute atomic E-state index is 12.7. The van der Waals surface area contributed by atoms with E-state index in [1.807, 2.05) is 0 Å². The van der Waals surface area contributed by atoms with E-state index >= 15 is 0 Å². The molecule has 1 aliphatic heterocycles. The maximum Gasteiger partial charge on any atom is 0.270 e. The van der Waals surface area contributed by atoms with Crippen molar-refractivity contribution in [3.05, 3.63) is 67.8 Å². The second-order valence-corrected chi connectivity index (χ2v) is 6.19. The van der Waals surface area contributed by atoms with Crippen LogP contribution < -0.4 is 11.2 Å². The van der Waals surface area contributed by atoms with Crippen molar-refractivity contribution < 1.29 is 9.34 Å². The van der Waals surface area contributed by atoms with Gasteiger partial charge in [-0.1, -0.05) is 0 Å². The van der Waals surface area contributed by atoms with Crippen molar-refractivity contribution in [1.82, 2.24) is 14.9 Å². The molecule has 0 fully saturated rings. The summed E-state index contributed by atoms with van der Waals surface area (Å²) in [5.74, 6) is 0.258. The van der Waals surface area contributed by atoms with E-state index in [1.54, 1.807) is 6.20 Å². The highest BCUT2D eigenvalue weighted by Crippen LogP contribution is 2.21. The van der Waals surface area contributed by atoms with E-state index in [1.165, 1.54) is 24.5 Å². The van der Waals surface area contributed by atoms with Crippen molar-refractivity contribution in [2.45, 2.75) is 19.5 Å². The number of nitrogens with two attached hydrogens (primary N) is 1. The van der Waals surface area contributed by atoms with Gasteiger partial charge in [0.1, 0.15) is 5.58 Å². The minimum Gasteiger partial charge on any atom is -0.464 e. The zero-order valence-electron chi connectivity index (χ0n) is 13.7. The average Bonchev–Trinajstić information content (AvgIpc) is 2.64. The number of anilines is 1. The lowest BCUT2D eigenvalue weighted by molar-refractivity contribution is -0.384. The van der Waals surface area contributed by atoms with Crippen molar-refractivity contribution in [2.75, 3.05) is 12.3 Å². The zero-order valence-corrected chi connectivity index (χ0v) is 13.7. The Bertz CT molecular complexity index is 1080. The number of nitro groups is 1. The SMILES string of the molecule is Nc1ncc2c(n1)CCN(Cc1coc3ccc([N+](=O)[O-])cc3c1=O)C2. The molecule has 0 bridgehead atoms. The fourth-order valence-corrected chi connectivity index (χ4v) is 3.15. The molecule has 3 aromatic rings. The van der Waals surface area contributed by atoms with Crippen LogP contribution in [0, 0.1) is 10.1 Å². The van der Waals surface area contributed by atoms with E-state index in [0.29, 0.717) is 30.7 Å². The van der Waals surface area contributed by atoms with E-state index in [2.05, 4.69) is 14.9 Å². The van der Waals surface area contributed by atoms with Gasteiger partial charge in [0.25, 0.3) is 5.69 Å². The number of nitro benzene ring substituents is 1. The molecule has 9 heteroatoms. The number of nitrogen functional groups attached to an aromatic ring is 1. The largest absolute Gasteiger partial charge is 0.464 e. The summed E-state index contributed by atoms with van der Waals surface area (Å²) < 4.78 is 5.49. The van der Waals surface area contributed by atoms with Crippen LogP contribution in [0.5, 0.6) is 0 Å². The molecule has 9 nitrogen and oxygen atoms in total. The summed E-state index contributed by atoms with van der Waals surface area (Å²) in [6.45, 7) is 1.70. The highest BCUT2D eigenvalue weighted by Gasteiger charge is 2.20. The van der Waals surface area contributed by atoms with Crippen LogP contribution in [-0.2, 0) is 19.5 Å². The predicted molar refractivity (Wildman–Crippen MR) is 93.4 cm³/mol. The number of aromatic nitrogens is 2. The molecular weight excluding hydrogens is 338 g/mol. The summed E-state index contributed by atoms with van der Waals surface area (Å²) in [5, 5.41) is 11.2. The molecule has 0 aliphatic carbocycles. The number of rotatable bonds is 3. The van der Waals surface area contributed by atoms with Gasteiger partial charge in [-0.05, 0) is 6.07 Å². The van der Waals surface area contributed by atoms with E-state index in [4.69, 9.17) is 10.2 Å². The molecule has 0 unspecified atom stereocenters. The Balaban J connectivity index is 1.63. The molecular formula is C17H15N5O4. The Morgan fingerprint density at radius 3 is 3.04 bits per heavy atom. The molecule has 1 aromatic carbocycles. The lowest BCUT2D eigenvalue weighted by atomic mass is 10.1. The van der Waals surface area contributed by atoms with Gasteiger partial charge in [0.05, 0.1) is 22.3 Å². The standard InChI is InChI=1S/C17H15N5O4/c18-17-19-6-10-7-21(4-3-14(10)20-17)8-11-9-26-15-2-1-12(22(24)25)5-13(15)16(11)23/h1-2,5-6,9H,3-4,7-8H2,(H2,18,19,20). The second kappa shape index (κ2) is 6.19. The predicted octanol–water partition coefficient (Wildman–Crippen LogP) is 1.63. The summed E-state index contributed by atoms with van der Waals surface area (Å²) >= 11 is 0. The summed E-state index contributed by atoms with van der Waals surface area (Å²) in [4.78, 5) is 33.5. The van der Waals surface area contributed by atoms with Crippen LogP contribution in [0.15, 0.2) is 39.9 Å². The van der Waals surface area contributed by atoms with Crippen LogP contribution in [0.3, 0.4) is 0 Å². The van der Waals surface area contributed by atoms with Gasteiger partial charge < -0.3 is 10.2 Å². The molecule has 0 amide bonds. The van der Waals surface area contributed by atoms with Gasteiger partial charge in [-0.15, -0.1) is 0 Å². The third kappa shape index (κ3) is 2.88. The second-order valence-electron chi connectivity index (χ2n) is 6.19. The first-order chi connectivity index (χ1) is 12.5. The quantitative estimate of drug-likeness (QED) is 0.556. The molecule has 0 atom stereocenters. The molecule has 132 valence electrons. The smallest absolute Gasteiger partial charge is 0.270 e. The van der Waals surface area contributed by atoms with E-state index in [0.717, 1.165) is 17.8 Å². The number of non-ortho nitro benzene ring substituents is 1. The van der Waals surface area contributed by atoms with Gasteiger partial charge in [0, 0.05) is 55.5 Å². The van der Waals surface area contributed by atoms with Gasteiger partial charge in [0.15, 0.2) is 5.43 Å². The molecule has 0 radical (unpaired) electrons. The molecule has 0 saturated carbocycles. The number of benzene rings is 1. The van der Waals surface area contributed by atoms with Gasteiger partial charge in [0.2, 0.25) is 5.95 Å². The van der Waals surface area contributed by atoms with Crippen LogP contribution in [0.25, 0.3) is 11.0 Å². The van der Waals surface area contributed by atoms with Crippen molar-refractivity contribution in [3.8, 4) is 0 Å². The van der Waals surface area contributed by atoms with Crippen LogP contribution in [0.2, 0.25) is 0 Å². The average molecular weight is 353 g/mol. The van der Waals surface area contributed by atoms with Crippen LogP contribution >= 0.6 is 0 Å². The fourth-order valence-electron chi connectivity index (χ4n) is 3.15. The Morgan fingerprint density at radius 2 is 2.23 bits per heavy atom. The minimum absolute atomic E-state index is 0.136. The summed E-state index contributed by atoms with van der Waals surface area (Å²) in [6, 6.07) is 4.02. The first kappa shape index (κ1) is 16.2. The van der Waals surface area contributed by atoms with Crippen molar-refractivity contribution in [3.63, 3.8) is 0 Å². The number of hydrogen-bond donors (Lipinski definition) is 1. The minimum atomic E-state index is -0.529. The van der Waals surface area contributed by atoms with E-state index in [-0.39, 0.29) is 22.5 Å². The number of nitrogens with zero attached hydrogens (tertiary/aromatic N) is 4. The monoisotopic (exact) mass is 353 g/mol. The lowest BCUT2D eigenvalue weighted by Crippen LogP contribution is -2.32. The van der Waals surface area contributed by atoms with Gasteiger partial charge in [-0.2, -0.15) is 0 Å². The summed E-state index contributed by atoms with van der Waals surface area (Å²) in [6.07, 6.45) is 3.84. The first-order valence-electron chi connectivity index (χ1n) is 8.03. The van der Waals surface area contributed by atoms with E-state index < -0.39 is 4.92 Å². The third-order valence-electron chi connectivity index (χ3n) is 4.46. The zero-order chi connectivity index (χ0) is 18.3. The van der Waals surface area contributed by atoms with Crippen molar-refractivity contribution >= 4 is 22.6 Å². The van der Waals surface area contributed by atoms with Gasteiger partial charge >= 0.3 is 0 Å². The van der Waals surface area contributed by atoms with Gasteiger partial charge in [-0.3, -0.25) is 19.8 Å². The molecule has 0 saturated heterocycles. The third-order valence-corrected chi connectivity index (χ3v) is 4.46. The Kier molecular flexibility index (Phi) is 3.85. The molecule has 1 aliphatic rings. The molecule has 3 heterocycles. The van der Waals surface area contributed by atoms with Crippen LogP contribution in [-0.4, -0.2) is 26.3 Å². The Labute approximate surface area is 147 Å². The molecule has 2 N–H and O–H groups in total. The van der Waals surface area contributed by atoms with Crippen molar-refractivity contribution in [2.24, 2.45) is 0 Å². The molecule has 4 rings (SSSR count). The van der Waals surface area contributed by atoms with E-state index in [9.17, 15) is 14.9 Å². The lowest BCUT2D eigenvalue weighted by Gasteiger charge is -2.27. The van der Waals surface area contributed by atoms with Crippen molar-refractivity contribution in [1.29, 1.82) is 0 Å². The molecule has 2 aromatic heterocycles. The summed E-state index contributed by atoms with van der Waals surface area (Å²) in [5.41, 5.74) is 7.91. The van der Waals surface area contributed by atoms with Crippen LogP contribution in [0.4, 0.5) is 11.6 Å². The molecule has 0 spiro atoms. The Morgan fingerprint density at radius 1 is 1.38 bits per heavy atom. The molecule has 26 heavy (non-hydrogen) atoms. The number of fused-ring (bicyclic) bond motifs is 2. The first-order valence-corrected chi connectivity index (χ1v) is 8.03. The fraction of sp³-hybridized carbons (Fsp3) is 0.235. The highest BCUT2D eigenvalue weighted by atomic mass is 16.6. The topological polar surface area (TPSA) is 128 Å². The normalized spacial score (nSPS) is 14.3. The van der Waals surface area contributed by atoms with Crippen LogP contribution in [0.1, 0.15) is 16.8 Å². The maximum atomic E-state index is 12.7. The highest BCUT2D eigenvalue weighted by molar-refractivity contribution is 5.79. The number of hydrogen-bond acceptors (Lipinski definition) is 8. The van der Waals surface area contributed by atoms with Gasteiger partial charge in [-0.25, -0.2) is 9.97 Å².